The Kier molecular flexibility index (Phi) is 8.07. The van der Waals surface area contributed by atoms with E-state index in [4.69, 9.17) is 4.42 Å². The van der Waals surface area contributed by atoms with Crippen LogP contribution >= 0.6 is 0 Å². The summed E-state index contributed by atoms with van der Waals surface area (Å²) in [6, 6.07) is 45.0. The van der Waals surface area contributed by atoms with Gasteiger partial charge in [-0.05, 0) is 42.1 Å². The van der Waals surface area contributed by atoms with Crippen molar-refractivity contribution in [3.63, 3.8) is 0 Å². The third kappa shape index (κ3) is 5.73. The van der Waals surface area contributed by atoms with Crippen molar-refractivity contribution in [3.8, 4) is 33.6 Å². The second kappa shape index (κ2) is 12.0. The van der Waals surface area contributed by atoms with Crippen LogP contribution in [0.3, 0.4) is 0 Å². The normalized spacial score (nSPS) is 10.5. The summed E-state index contributed by atoms with van der Waals surface area (Å²) < 4.78 is 6.05. The number of nitrogens with zero attached hydrogens (tertiary/aromatic N) is 2. The van der Waals surface area contributed by atoms with Crippen LogP contribution < -0.4 is 0 Å². The molecular weight excluding hydrogens is 657 g/mol. The second-order valence-electron chi connectivity index (χ2n) is 8.98. The molecule has 0 amide bonds. The predicted octanol–water partition coefficient (Wildman–Crippen LogP) is 8.97. The molecule has 3 aromatic heterocycles. The predicted molar refractivity (Wildman–Crippen MR) is 154 cm³/mol. The quantitative estimate of drug-likeness (QED) is 0.175. The molecule has 0 aliphatic carbocycles. The maximum atomic E-state index is 6.05. The van der Waals surface area contributed by atoms with Gasteiger partial charge in [0.1, 0.15) is 5.58 Å². The van der Waals surface area contributed by atoms with Crippen molar-refractivity contribution in [1.82, 2.24) is 9.97 Å². The van der Waals surface area contributed by atoms with Gasteiger partial charge in [-0.25, -0.2) is 0 Å². The van der Waals surface area contributed by atoms with Crippen molar-refractivity contribution in [2.45, 2.75) is 6.92 Å². The van der Waals surface area contributed by atoms with Gasteiger partial charge in [0, 0.05) is 37.9 Å². The van der Waals surface area contributed by atoms with E-state index in [0.29, 0.717) is 0 Å². The third-order valence-corrected chi connectivity index (χ3v) is 6.37. The first-order valence-electron chi connectivity index (χ1n) is 12.5. The fraction of sp³-hybridized carbons (Fsp3) is 0.0286. The summed E-state index contributed by atoms with van der Waals surface area (Å²) in [4.78, 5) is 8.72. The molecule has 191 valence electrons. The second-order valence-corrected chi connectivity index (χ2v) is 8.98. The van der Waals surface area contributed by atoms with Crippen molar-refractivity contribution in [1.29, 1.82) is 0 Å². The number of rotatable bonds is 3. The Morgan fingerprint density at radius 3 is 2.08 bits per heavy atom. The Balaban J connectivity index is 0.000000155. The van der Waals surface area contributed by atoms with E-state index in [0.717, 1.165) is 44.5 Å². The number of benzene rings is 4. The molecule has 3 nitrogen and oxygen atoms in total. The van der Waals surface area contributed by atoms with Crippen molar-refractivity contribution >= 4 is 21.9 Å². The number of hydrogen-bond acceptors (Lipinski definition) is 3. The van der Waals surface area contributed by atoms with Crippen LogP contribution in [0.4, 0.5) is 0 Å². The molecule has 0 N–H and O–H groups in total. The number of aryl methyl sites for hydroxylation is 1. The molecule has 0 aliphatic heterocycles. The van der Waals surface area contributed by atoms with Crippen molar-refractivity contribution < 1.29 is 24.5 Å². The molecular formula is C35H24IrN2O-2. The number of aromatic nitrogens is 2. The molecule has 3 heterocycles. The summed E-state index contributed by atoms with van der Waals surface area (Å²) in [5.41, 5.74) is 9.12. The van der Waals surface area contributed by atoms with Crippen molar-refractivity contribution in [2.24, 2.45) is 0 Å². The maximum Gasteiger partial charge on any atom is 0.121 e. The zero-order chi connectivity index (χ0) is 25.7. The molecule has 0 aliphatic rings. The minimum atomic E-state index is 0. The molecule has 0 spiro atoms. The molecule has 0 saturated heterocycles. The van der Waals surface area contributed by atoms with Crippen molar-refractivity contribution in [3.05, 3.63) is 145 Å². The van der Waals surface area contributed by atoms with Gasteiger partial charge in [-0.3, -0.25) is 0 Å². The van der Waals surface area contributed by atoms with Gasteiger partial charge in [0.2, 0.25) is 0 Å². The number of furan rings is 1. The smallest absolute Gasteiger partial charge is 0.121 e. The summed E-state index contributed by atoms with van der Waals surface area (Å²) >= 11 is 0. The SMILES string of the molecule is Cc1ccc2c(c1)oc1c(-c3ccccn3)[c-]ccc12.[Ir].[c-]1cc(-c2ccccc2)ccc1-c1ccccn1. The molecule has 7 rings (SSSR count). The Hall–Kier alpha value is -4.37. The standard InChI is InChI=1S/C18H12NO.C17H12N.Ir/c1-12-8-9-13-14-5-4-6-15(16-7-2-3-10-19-16)18(14)20-17(13)11-12;1-2-6-14(7-3-1)15-9-11-16(12-10-15)17-8-4-5-13-18-17;/h2-5,7-11H,1H3;1-11,13H;/q2*-1;. The molecule has 0 saturated carbocycles. The maximum absolute atomic E-state index is 6.05. The number of hydrogen-bond donors (Lipinski definition) is 0. The Labute approximate surface area is 241 Å². The van der Waals surface area contributed by atoms with Crippen LogP contribution in [0, 0.1) is 19.1 Å². The van der Waals surface area contributed by atoms with Crippen LogP contribution in [0.25, 0.3) is 55.6 Å². The Bertz CT molecular complexity index is 1740. The van der Waals surface area contributed by atoms with E-state index in [1.165, 1.54) is 16.7 Å². The largest absolute Gasteiger partial charge is 0.501 e. The summed E-state index contributed by atoms with van der Waals surface area (Å²) in [6.45, 7) is 2.07. The van der Waals surface area contributed by atoms with Gasteiger partial charge in [-0.15, -0.1) is 48.0 Å². The molecule has 0 fully saturated rings. The fourth-order valence-electron chi connectivity index (χ4n) is 4.47. The van der Waals surface area contributed by atoms with E-state index in [-0.39, 0.29) is 20.1 Å². The van der Waals surface area contributed by atoms with E-state index in [1.54, 1.807) is 12.4 Å². The van der Waals surface area contributed by atoms with Crippen LogP contribution in [-0.2, 0) is 20.1 Å². The summed E-state index contributed by atoms with van der Waals surface area (Å²) in [7, 11) is 0. The molecule has 0 bridgehead atoms. The number of pyridine rings is 2. The van der Waals surface area contributed by atoms with Gasteiger partial charge < -0.3 is 14.4 Å². The van der Waals surface area contributed by atoms with E-state index in [2.05, 4.69) is 71.5 Å². The van der Waals surface area contributed by atoms with Gasteiger partial charge in [-0.1, -0.05) is 88.8 Å². The van der Waals surface area contributed by atoms with E-state index in [9.17, 15) is 0 Å². The Morgan fingerprint density at radius 1 is 0.641 bits per heavy atom. The average Bonchev–Trinajstić information content (AvgIpc) is 3.37. The minimum absolute atomic E-state index is 0. The molecule has 0 unspecified atom stereocenters. The zero-order valence-electron chi connectivity index (χ0n) is 21.3. The van der Waals surface area contributed by atoms with Crippen molar-refractivity contribution in [2.75, 3.05) is 0 Å². The molecule has 0 atom stereocenters. The van der Waals surface area contributed by atoms with Crippen LogP contribution in [0.15, 0.2) is 132 Å². The van der Waals surface area contributed by atoms with Gasteiger partial charge in [0.05, 0.1) is 5.58 Å². The molecule has 39 heavy (non-hydrogen) atoms. The molecule has 4 heteroatoms. The van der Waals surface area contributed by atoms with E-state index >= 15 is 0 Å². The third-order valence-electron chi connectivity index (χ3n) is 6.37. The van der Waals surface area contributed by atoms with Gasteiger partial charge in [-0.2, -0.15) is 0 Å². The Morgan fingerprint density at radius 2 is 1.38 bits per heavy atom. The summed E-state index contributed by atoms with van der Waals surface area (Å²) in [6.07, 6.45) is 3.59. The molecule has 4 aromatic carbocycles. The van der Waals surface area contributed by atoms with Crippen LogP contribution in [-0.4, -0.2) is 9.97 Å². The topological polar surface area (TPSA) is 38.9 Å². The first kappa shape index (κ1) is 26.2. The zero-order valence-corrected chi connectivity index (χ0v) is 23.7. The number of fused-ring (bicyclic) bond motifs is 3. The van der Waals surface area contributed by atoms with E-state index in [1.807, 2.05) is 72.8 Å². The van der Waals surface area contributed by atoms with Gasteiger partial charge in [0.25, 0.3) is 0 Å². The van der Waals surface area contributed by atoms with Crippen LogP contribution in [0.5, 0.6) is 0 Å². The first-order valence-corrected chi connectivity index (χ1v) is 12.5. The summed E-state index contributed by atoms with van der Waals surface area (Å²) in [5.74, 6) is 0. The van der Waals surface area contributed by atoms with Gasteiger partial charge >= 0.3 is 0 Å². The fourth-order valence-corrected chi connectivity index (χ4v) is 4.47. The molecule has 1 radical (unpaired) electrons. The minimum Gasteiger partial charge on any atom is -0.501 e. The first-order chi connectivity index (χ1) is 18.8. The average molecular weight is 681 g/mol. The molecule has 7 aromatic rings. The van der Waals surface area contributed by atoms with Gasteiger partial charge in [0.15, 0.2) is 0 Å². The van der Waals surface area contributed by atoms with Crippen LogP contribution in [0.1, 0.15) is 5.56 Å². The van der Waals surface area contributed by atoms with E-state index < -0.39 is 0 Å². The monoisotopic (exact) mass is 681 g/mol. The summed E-state index contributed by atoms with van der Waals surface area (Å²) in [5, 5.41) is 2.25. The van der Waals surface area contributed by atoms with Crippen LogP contribution in [0.2, 0.25) is 0 Å².